The molecule has 1 saturated carbocycles. The zero-order chi connectivity index (χ0) is 11.1. The highest BCUT2D eigenvalue weighted by atomic mass is 32.2. The molecule has 0 aromatic heterocycles. The molecule has 2 N–H and O–H groups in total. The number of aliphatic hydroxyl groups excluding tert-OH is 1. The Kier molecular flexibility index (Phi) is 6.02. The molecule has 0 bridgehead atoms. The number of aliphatic hydroxyl groups is 1. The van der Waals surface area contributed by atoms with E-state index in [1.54, 1.807) is 0 Å². The molecule has 0 spiro atoms. The molecule has 0 aliphatic heterocycles. The molecular formula is C12H25NOS. The van der Waals surface area contributed by atoms with Crippen LogP contribution in [0.15, 0.2) is 0 Å². The molecule has 1 fully saturated rings. The summed E-state index contributed by atoms with van der Waals surface area (Å²) in [5.74, 6) is 0.382. The lowest BCUT2D eigenvalue weighted by molar-refractivity contribution is 0.231. The van der Waals surface area contributed by atoms with Crippen molar-refractivity contribution in [1.29, 1.82) is 0 Å². The molecule has 0 aromatic carbocycles. The predicted octanol–water partition coefficient (Wildman–Crippen LogP) is 2.27. The fourth-order valence-electron chi connectivity index (χ4n) is 2.26. The average Bonchev–Trinajstić information content (AvgIpc) is 2.30. The third-order valence-electron chi connectivity index (χ3n) is 3.45. The van der Waals surface area contributed by atoms with E-state index in [4.69, 9.17) is 5.11 Å². The Bertz CT molecular complexity index is 169. The van der Waals surface area contributed by atoms with Gasteiger partial charge in [-0.05, 0) is 31.6 Å². The van der Waals surface area contributed by atoms with Gasteiger partial charge in [0.05, 0.1) is 0 Å². The Labute approximate surface area is 98.2 Å². The van der Waals surface area contributed by atoms with Crippen LogP contribution in [0.1, 0.15) is 39.0 Å². The van der Waals surface area contributed by atoms with E-state index in [1.807, 2.05) is 11.8 Å². The maximum Gasteiger partial charge on any atom is 0.0468 e. The lowest BCUT2D eigenvalue weighted by Crippen LogP contribution is -2.41. The Balaban J connectivity index is 2.26. The molecule has 1 unspecified atom stereocenters. The van der Waals surface area contributed by atoms with Crippen molar-refractivity contribution in [3.8, 4) is 0 Å². The Morgan fingerprint density at radius 1 is 1.33 bits per heavy atom. The summed E-state index contributed by atoms with van der Waals surface area (Å²) in [6.07, 6.45) is 9.14. The monoisotopic (exact) mass is 231 g/mol. The highest BCUT2D eigenvalue weighted by molar-refractivity contribution is 8.00. The summed E-state index contributed by atoms with van der Waals surface area (Å²) >= 11 is 2.03. The van der Waals surface area contributed by atoms with Gasteiger partial charge in [-0.2, -0.15) is 11.8 Å². The van der Waals surface area contributed by atoms with E-state index in [2.05, 4.69) is 18.5 Å². The molecule has 2 nitrogen and oxygen atoms in total. The van der Waals surface area contributed by atoms with Gasteiger partial charge in [0.25, 0.3) is 0 Å². The molecule has 0 saturated heterocycles. The van der Waals surface area contributed by atoms with Crippen molar-refractivity contribution in [2.75, 3.05) is 26.0 Å². The number of hydrogen-bond donors (Lipinski definition) is 2. The standard InChI is InChI=1S/C12H25NOS/c1-11(9-14)8-13-10-12(15-2)6-4-3-5-7-12/h11,13-14H,3-10H2,1-2H3. The molecule has 0 radical (unpaired) electrons. The summed E-state index contributed by atoms with van der Waals surface area (Å²) in [6, 6.07) is 0. The molecule has 1 atom stereocenters. The fraction of sp³-hybridized carbons (Fsp3) is 1.00. The van der Waals surface area contributed by atoms with Crippen LogP contribution in [0.3, 0.4) is 0 Å². The minimum absolute atomic E-state index is 0.291. The van der Waals surface area contributed by atoms with Crippen LogP contribution in [0.4, 0.5) is 0 Å². The molecule has 1 aliphatic rings. The van der Waals surface area contributed by atoms with Gasteiger partial charge in [0.15, 0.2) is 0 Å². The van der Waals surface area contributed by atoms with Crippen LogP contribution in [0.25, 0.3) is 0 Å². The SMILES string of the molecule is CSC1(CNCC(C)CO)CCCCC1. The van der Waals surface area contributed by atoms with Crippen LogP contribution in [0.2, 0.25) is 0 Å². The van der Waals surface area contributed by atoms with Gasteiger partial charge in [0.2, 0.25) is 0 Å². The topological polar surface area (TPSA) is 32.3 Å². The van der Waals surface area contributed by atoms with E-state index in [0.29, 0.717) is 17.3 Å². The van der Waals surface area contributed by atoms with Crippen LogP contribution in [-0.2, 0) is 0 Å². The maximum atomic E-state index is 8.95. The smallest absolute Gasteiger partial charge is 0.0468 e. The van der Waals surface area contributed by atoms with E-state index in [0.717, 1.165) is 13.1 Å². The minimum atomic E-state index is 0.291. The molecule has 1 aliphatic carbocycles. The summed E-state index contributed by atoms with van der Waals surface area (Å²) < 4.78 is 0.480. The highest BCUT2D eigenvalue weighted by Gasteiger charge is 2.30. The highest BCUT2D eigenvalue weighted by Crippen LogP contribution is 2.37. The van der Waals surface area contributed by atoms with Crippen molar-refractivity contribution in [3.05, 3.63) is 0 Å². The van der Waals surface area contributed by atoms with Gasteiger partial charge >= 0.3 is 0 Å². The molecule has 0 heterocycles. The van der Waals surface area contributed by atoms with Crippen LogP contribution >= 0.6 is 11.8 Å². The van der Waals surface area contributed by atoms with Gasteiger partial charge < -0.3 is 10.4 Å². The van der Waals surface area contributed by atoms with Gasteiger partial charge in [-0.1, -0.05) is 26.2 Å². The van der Waals surface area contributed by atoms with E-state index in [9.17, 15) is 0 Å². The second kappa shape index (κ2) is 6.77. The summed E-state index contributed by atoms with van der Waals surface area (Å²) in [5.41, 5.74) is 0. The van der Waals surface area contributed by atoms with Crippen molar-refractivity contribution in [2.45, 2.75) is 43.8 Å². The predicted molar refractivity (Wildman–Crippen MR) is 68.5 cm³/mol. The maximum absolute atomic E-state index is 8.95. The molecule has 0 aromatic rings. The first kappa shape index (κ1) is 13.3. The summed E-state index contributed by atoms with van der Waals surface area (Å²) in [5, 5.41) is 12.5. The Morgan fingerprint density at radius 3 is 2.53 bits per heavy atom. The van der Waals surface area contributed by atoms with E-state index >= 15 is 0 Å². The van der Waals surface area contributed by atoms with E-state index in [1.165, 1.54) is 32.1 Å². The van der Waals surface area contributed by atoms with Crippen molar-refractivity contribution < 1.29 is 5.11 Å². The number of thioether (sulfide) groups is 1. The summed E-state index contributed by atoms with van der Waals surface area (Å²) in [7, 11) is 0. The second-order valence-electron chi connectivity index (χ2n) is 4.87. The van der Waals surface area contributed by atoms with Crippen LogP contribution in [0.5, 0.6) is 0 Å². The van der Waals surface area contributed by atoms with Gasteiger partial charge in [-0.3, -0.25) is 0 Å². The fourth-order valence-corrected chi connectivity index (χ4v) is 3.20. The van der Waals surface area contributed by atoms with Crippen molar-refractivity contribution in [1.82, 2.24) is 5.32 Å². The molecular weight excluding hydrogens is 206 g/mol. The largest absolute Gasteiger partial charge is 0.396 e. The lowest BCUT2D eigenvalue weighted by Gasteiger charge is -2.36. The first-order valence-electron chi connectivity index (χ1n) is 6.09. The van der Waals surface area contributed by atoms with E-state index in [-0.39, 0.29) is 0 Å². The second-order valence-corrected chi connectivity index (χ2v) is 6.14. The zero-order valence-electron chi connectivity index (χ0n) is 10.1. The number of rotatable bonds is 6. The van der Waals surface area contributed by atoms with Gasteiger partial charge in [-0.25, -0.2) is 0 Å². The quantitative estimate of drug-likeness (QED) is 0.735. The van der Waals surface area contributed by atoms with Crippen molar-refractivity contribution >= 4 is 11.8 Å². The molecule has 15 heavy (non-hydrogen) atoms. The number of nitrogens with one attached hydrogen (secondary N) is 1. The third-order valence-corrected chi connectivity index (χ3v) is 4.87. The first-order chi connectivity index (χ1) is 7.22. The number of hydrogen-bond acceptors (Lipinski definition) is 3. The Morgan fingerprint density at radius 2 is 2.00 bits per heavy atom. The summed E-state index contributed by atoms with van der Waals surface area (Å²) in [4.78, 5) is 0. The van der Waals surface area contributed by atoms with Crippen LogP contribution < -0.4 is 5.32 Å². The molecule has 1 rings (SSSR count). The van der Waals surface area contributed by atoms with Crippen molar-refractivity contribution in [3.63, 3.8) is 0 Å². The molecule has 90 valence electrons. The molecule has 3 heteroatoms. The van der Waals surface area contributed by atoms with Gasteiger partial charge in [-0.15, -0.1) is 0 Å². The van der Waals surface area contributed by atoms with Gasteiger partial charge in [0.1, 0.15) is 0 Å². The van der Waals surface area contributed by atoms with Crippen LogP contribution in [-0.4, -0.2) is 35.8 Å². The lowest BCUT2D eigenvalue weighted by atomic mass is 9.88. The van der Waals surface area contributed by atoms with Crippen LogP contribution in [0, 0.1) is 5.92 Å². The van der Waals surface area contributed by atoms with E-state index < -0.39 is 0 Å². The average molecular weight is 231 g/mol. The van der Waals surface area contributed by atoms with Gasteiger partial charge in [0, 0.05) is 17.9 Å². The van der Waals surface area contributed by atoms with Crippen molar-refractivity contribution in [2.24, 2.45) is 5.92 Å². The normalized spacial score (nSPS) is 22.6. The minimum Gasteiger partial charge on any atom is -0.396 e. The zero-order valence-corrected chi connectivity index (χ0v) is 10.9. The molecule has 0 amide bonds. The Hall–Kier alpha value is 0.270. The third kappa shape index (κ3) is 4.33. The summed E-state index contributed by atoms with van der Waals surface area (Å²) in [6.45, 7) is 4.43. The first-order valence-corrected chi connectivity index (χ1v) is 7.31.